The van der Waals surface area contributed by atoms with Crippen molar-refractivity contribution in [3.8, 4) is 0 Å². The second-order valence-corrected chi connectivity index (χ2v) is 7.44. The Kier molecular flexibility index (Phi) is 6.11. The van der Waals surface area contributed by atoms with Gasteiger partial charge in [0.15, 0.2) is 0 Å². The lowest BCUT2D eigenvalue weighted by Gasteiger charge is -2.07. The number of sulfonamides is 1. The van der Waals surface area contributed by atoms with Crippen LogP contribution in [0.5, 0.6) is 0 Å². The van der Waals surface area contributed by atoms with E-state index in [4.69, 9.17) is 0 Å². The van der Waals surface area contributed by atoms with Crippen molar-refractivity contribution in [1.82, 2.24) is 10.0 Å². The fourth-order valence-corrected chi connectivity index (χ4v) is 3.00. The SMILES string of the molecule is CCc1ccc(C(=O)NCc2ccc(CS(=O)(=O)NC)cc2)cc1. The Bertz CT molecular complexity index is 782. The van der Waals surface area contributed by atoms with Crippen LogP contribution in [-0.4, -0.2) is 21.4 Å². The lowest BCUT2D eigenvalue weighted by atomic mass is 10.1. The maximum absolute atomic E-state index is 12.1. The van der Waals surface area contributed by atoms with Gasteiger partial charge in [0.2, 0.25) is 10.0 Å². The molecular formula is C18H22N2O3S. The Morgan fingerprint density at radius 3 is 2.00 bits per heavy atom. The molecule has 0 fully saturated rings. The highest BCUT2D eigenvalue weighted by molar-refractivity contribution is 7.88. The van der Waals surface area contributed by atoms with Gasteiger partial charge in [-0.2, -0.15) is 0 Å². The summed E-state index contributed by atoms with van der Waals surface area (Å²) in [6.07, 6.45) is 0.942. The van der Waals surface area contributed by atoms with E-state index in [1.807, 2.05) is 36.4 Å². The Morgan fingerprint density at radius 2 is 1.46 bits per heavy atom. The molecule has 5 nitrogen and oxygen atoms in total. The van der Waals surface area contributed by atoms with Crippen LogP contribution in [0.3, 0.4) is 0 Å². The zero-order chi connectivity index (χ0) is 17.6. The molecule has 1 amide bonds. The van der Waals surface area contributed by atoms with Crippen molar-refractivity contribution in [2.45, 2.75) is 25.6 Å². The number of carbonyl (C=O) groups is 1. The first-order valence-electron chi connectivity index (χ1n) is 7.79. The zero-order valence-electron chi connectivity index (χ0n) is 13.9. The molecule has 0 unspecified atom stereocenters. The fraction of sp³-hybridized carbons (Fsp3) is 0.278. The molecule has 0 heterocycles. The number of benzene rings is 2. The van der Waals surface area contributed by atoms with Crippen LogP contribution in [0.2, 0.25) is 0 Å². The molecule has 0 spiro atoms. The molecule has 0 atom stereocenters. The molecule has 2 aromatic carbocycles. The van der Waals surface area contributed by atoms with Gasteiger partial charge in [0.1, 0.15) is 0 Å². The van der Waals surface area contributed by atoms with Gasteiger partial charge in [-0.3, -0.25) is 4.79 Å². The summed E-state index contributed by atoms with van der Waals surface area (Å²) in [5.74, 6) is -0.181. The van der Waals surface area contributed by atoms with Gasteiger partial charge in [0.05, 0.1) is 5.75 Å². The van der Waals surface area contributed by atoms with Crippen LogP contribution in [0, 0.1) is 0 Å². The van der Waals surface area contributed by atoms with Crippen molar-refractivity contribution in [3.63, 3.8) is 0 Å². The Labute approximate surface area is 143 Å². The summed E-state index contributed by atoms with van der Waals surface area (Å²) in [6, 6.07) is 14.7. The molecule has 2 N–H and O–H groups in total. The van der Waals surface area contributed by atoms with E-state index in [0.717, 1.165) is 12.0 Å². The second kappa shape index (κ2) is 8.08. The predicted octanol–water partition coefficient (Wildman–Crippen LogP) is 2.23. The average molecular weight is 346 g/mol. The van der Waals surface area contributed by atoms with E-state index in [1.165, 1.54) is 12.6 Å². The topological polar surface area (TPSA) is 75.3 Å². The van der Waals surface area contributed by atoms with E-state index in [9.17, 15) is 13.2 Å². The molecule has 0 aliphatic carbocycles. The van der Waals surface area contributed by atoms with Crippen molar-refractivity contribution in [2.75, 3.05) is 7.05 Å². The largest absolute Gasteiger partial charge is 0.348 e. The van der Waals surface area contributed by atoms with Crippen LogP contribution in [0.1, 0.15) is 34.0 Å². The van der Waals surface area contributed by atoms with Crippen molar-refractivity contribution in [2.24, 2.45) is 0 Å². The molecule has 128 valence electrons. The maximum Gasteiger partial charge on any atom is 0.251 e. The van der Waals surface area contributed by atoms with E-state index in [1.54, 1.807) is 12.1 Å². The third-order valence-corrected chi connectivity index (χ3v) is 5.10. The highest BCUT2D eigenvalue weighted by Crippen LogP contribution is 2.09. The van der Waals surface area contributed by atoms with Crippen molar-refractivity contribution >= 4 is 15.9 Å². The van der Waals surface area contributed by atoms with E-state index < -0.39 is 10.0 Å². The predicted molar refractivity (Wildman–Crippen MR) is 95.1 cm³/mol. The normalized spacial score (nSPS) is 11.2. The molecule has 6 heteroatoms. The number of hydrogen-bond acceptors (Lipinski definition) is 3. The van der Waals surface area contributed by atoms with Gasteiger partial charge in [-0.15, -0.1) is 0 Å². The molecule has 2 rings (SSSR count). The third kappa shape index (κ3) is 5.18. The first-order chi connectivity index (χ1) is 11.4. The molecule has 0 bridgehead atoms. The summed E-state index contributed by atoms with van der Waals surface area (Å²) in [4.78, 5) is 12.1. The van der Waals surface area contributed by atoms with Crippen LogP contribution in [0.15, 0.2) is 48.5 Å². The molecular weight excluding hydrogens is 324 g/mol. The second-order valence-electron chi connectivity index (χ2n) is 5.51. The quantitative estimate of drug-likeness (QED) is 0.807. The summed E-state index contributed by atoms with van der Waals surface area (Å²) < 4.78 is 25.3. The van der Waals surface area contributed by atoms with E-state index in [-0.39, 0.29) is 11.7 Å². The lowest BCUT2D eigenvalue weighted by Crippen LogP contribution is -2.23. The van der Waals surface area contributed by atoms with Crippen LogP contribution < -0.4 is 10.0 Å². The van der Waals surface area contributed by atoms with Crippen LogP contribution in [0.4, 0.5) is 0 Å². The number of aryl methyl sites for hydroxylation is 1. The minimum absolute atomic E-state index is 0.0556. The third-order valence-electron chi connectivity index (χ3n) is 3.77. The van der Waals surface area contributed by atoms with Crippen molar-refractivity contribution in [3.05, 3.63) is 70.8 Å². The number of carbonyl (C=O) groups excluding carboxylic acids is 1. The molecule has 0 aliphatic rings. The smallest absolute Gasteiger partial charge is 0.251 e. The van der Waals surface area contributed by atoms with Crippen molar-refractivity contribution < 1.29 is 13.2 Å². The van der Waals surface area contributed by atoms with Gasteiger partial charge in [-0.1, -0.05) is 43.3 Å². The maximum atomic E-state index is 12.1. The monoisotopic (exact) mass is 346 g/mol. The van der Waals surface area contributed by atoms with Crippen LogP contribution in [0.25, 0.3) is 0 Å². The Morgan fingerprint density at radius 1 is 0.917 bits per heavy atom. The molecule has 0 saturated heterocycles. The number of hydrogen-bond donors (Lipinski definition) is 2. The van der Waals surface area contributed by atoms with Crippen molar-refractivity contribution in [1.29, 1.82) is 0 Å². The number of amides is 1. The lowest BCUT2D eigenvalue weighted by molar-refractivity contribution is 0.0951. The average Bonchev–Trinajstić information content (AvgIpc) is 2.60. The van der Waals surface area contributed by atoms with E-state index in [0.29, 0.717) is 17.7 Å². The van der Waals surface area contributed by atoms with E-state index in [2.05, 4.69) is 17.0 Å². The molecule has 0 aliphatic heterocycles. The van der Waals surface area contributed by atoms with Crippen LogP contribution >= 0.6 is 0 Å². The summed E-state index contributed by atoms with van der Waals surface area (Å²) in [7, 11) is -1.88. The summed E-state index contributed by atoms with van der Waals surface area (Å²) in [6.45, 7) is 2.47. The molecule has 2 aromatic rings. The van der Waals surface area contributed by atoms with Gasteiger partial charge < -0.3 is 5.32 Å². The highest BCUT2D eigenvalue weighted by Gasteiger charge is 2.09. The molecule has 0 radical (unpaired) electrons. The zero-order valence-corrected chi connectivity index (χ0v) is 14.7. The van der Waals surface area contributed by atoms with Crippen LogP contribution in [-0.2, 0) is 28.7 Å². The first-order valence-corrected chi connectivity index (χ1v) is 9.45. The van der Waals surface area contributed by atoms with Gasteiger partial charge in [-0.25, -0.2) is 13.1 Å². The minimum Gasteiger partial charge on any atom is -0.348 e. The minimum atomic E-state index is -3.27. The Balaban J connectivity index is 1.92. The summed E-state index contributed by atoms with van der Waals surface area (Å²) in [5.41, 5.74) is 3.44. The van der Waals surface area contributed by atoms with Gasteiger partial charge >= 0.3 is 0 Å². The molecule has 0 aromatic heterocycles. The van der Waals surface area contributed by atoms with Gasteiger partial charge in [-0.05, 0) is 42.3 Å². The molecule has 24 heavy (non-hydrogen) atoms. The number of nitrogens with one attached hydrogen (secondary N) is 2. The Hall–Kier alpha value is -2.18. The first kappa shape index (κ1) is 18.2. The summed E-state index contributed by atoms with van der Waals surface area (Å²) >= 11 is 0. The number of rotatable bonds is 7. The molecule has 0 saturated carbocycles. The summed E-state index contributed by atoms with van der Waals surface area (Å²) in [5, 5.41) is 2.86. The fourth-order valence-electron chi connectivity index (χ4n) is 2.22. The standard InChI is InChI=1S/C18H22N2O3S/c1-3-14-8-10-17(11-9-14)18(21)20-12-15-4-6-16(7-5-15)13-24(22,23)19-2/h4-11,19H,3,12-13H2,1-2H3,(H,20,21). The highest BCUT2D eigenvalue weighted by atomic mass is 32.2. The van der Waals surface area contributed by atoms with E-state index >= 15 is 0 Å². The van der Waals surface area contributed by atoms with Gasteiger partial charge in [0.25, 0.3) is 5.91 Å². The van der Waals surface area contributed by atoms with Gasteiger partial charge in [0, 0.05) is 12.1 Å².